The number of anilines is 3. The summed E-state index contributed by atoms with van der Waals surface area (Å²) in [5, 5.41) is 13.1. The van der Waals surface area contributed by atoms with Gasteiger partial charge in [0.05, 0.1) is 11.8 Å². The molecule has 4 rings (SSSR count). The Morgan fingerprint density at radius 2 is 2.14 bits per heavy atom. The molecule has 0 saturated carbocycles. The number of H-pyrrole nitrogens is 1. The van der Waals surface area contributed by atoms with Crippen molar-refractivity contribution < 1.29 is 13.6 Å². The van der Waals surface area contributed by atoms with E-state index in [0.717, 1.165) is 43.1 Å². The Morgan fingerprint density at radius 1 is 1.38 bits per heavy atom. The quantitative estimate of drug-likeness (QED) is 0.517. The van der Waals surface area contributed by atoms with Gasteiger partial charge in [0.2, 0.25) is 0 Å². The lowest BCUT2D eigenvalue weighted by Gasteiger charge is -2.35. The topological polar surface area (TPSA) is 112 Å². The summed E-state index contributed by atoms with van der Waals surface area (Å²) in [7, 11) is 0. The van der Waals surface area contributed by atoms with Crippen LogP contribution in [0.2, 0.25) is 0 Å². The van der Waals surface area contributed by atoms with Crippen LogP contribution in [-0.2, 0) is 0 Å². The van der Waals surface area contributed by atoms with Crippen molar-refractivity contribution in [1.29, 1.82) is 0 Å². The lowest BCUT2D eigenvalue weighted by atomic mass is 10.2. The van der Waals surface area contributed by atoms with E-state index in [9.17, 15) is 13.6 Å². The van der Waals surface area contributed by atoms with Crippen LogP contribution in [-0.4, -0.2) is 46.8 Å². The highest BCUT2D eigenvalue weighted by molar-refractivity contribution is 7.19. The van der Waals surface area contributed by atoms with E-state index in [-0.39, 0.29) is 27.3 Å². The molecule has 1 aliphatic heterocycles. The molecule has 3 aromatic rings. The number of carbonyl (C=O) groups excluding carboxylic acids is 1. The molecule has 11 heteroatoms. The summed E-state index contributed by atoms with van der Waals surface area (Å²) in [6.45, 7) is 4.43. The average Bonchev–Trinajstić information content (AvgIpc) is 3.28. The Labute approximate surface area is 169 Å². The highest BCUT2D eigenvalue weighted by Gasteiger charge is 2.25. The van der Waals surface area contributed by atoms with Crippen molar-refractivity contribution >= 4 is 33.8 Å². The third-order valence-corrected chi connectivity index (χ3v) is 5.60. The second-order valence-electron chi connectivity index (χ2n) is 6.66. The minimum Gasteiger partial charge on any atom is -0.389 e. The Kier molecular flexibility index (Phi) is 5.16. The lowest BCUT2D eigenvalue weighted by Crippen LogP contribution is -2.50. The number of thiazole rings is 1. The van der Waals surface area contributed by atoms with Crippen LogP contribution in [0.5, 0.6) is 0 Å². The summed E-state index contributed by atoms with van der Waals surface area (Å²) in [5.41, 5.74) is 6.01. The number of benzene rings is 1. The molecule has 1 atom stereocenters. The maximum absolute atomic E-state index is 14.0. The standard InChI is InChI=1S/C18H19F2N7OS/c1-9-7-22-5-6-27(9)16-12(8-23-26-16)24-17(28)14-15(21)29-18(25-14)13-10(19)3-2-4-11(13)20/h2-4,8-9,22H,5-7,21H2,1H3,(H,23,26)(H,24,28)/t9-/m1/s1. The van der Waals surface area contributed by atoms with Gasteiger partial charge in [-0.1, -0.05) is 17.4 Å². The zero-order valence-electron chi connectivity index (χ0n) is 15.5. The van der Waals surface area contributed by atoms with E-state index < -0.39 is 17.5 Å². The number of nitrogens with one attached hydrogen (secondary N) is 3. The van der Waals surface area contributed by atoms with Gasteiger partial charge in [-0.05, 0) is 19.1 Å². The third-order valence-electron chi connectivity index (χ3n) is 4.70. The van der Waals surface area contributed by atoms with Crippen molar-refractivity contribution in [1.82, 2.24) is 20.5 Å². The number of aromatic amines is 1. The van der Waals surface area contributed by atoms with Gasteiger partial charge in [-0.2, -0.15) is 5.10 Å². The van der Waals surface area contributed by atoms with Crippen LogP contribution in [0, 0.1) is 11.6 Å². The van der Waals surface area contributed by atoms with Gasteiger partial charge in [-0.25, -0.2) is 13.8 Å². The van der Waals surface area contributed by atoms with Gasteiger partial charge in [0.15, 0.2) is 5.69 Å². The molecular weight excluding hydrogens is 400 g/mol. The van der Waals surface area contributed by atoms with Crippen molar-refractivity contribution in [3.8, 4) is 10.6 Å². The molecule has 1 amide bonds. The number of piperazine rings is 1. The van der Waals surface area contributed by atoms with Crippen LogP contribution in [0.25, 0.3) is 10.6 Å². The van der Waals surface area contributed by atoms with Crippen molar-refractivity contribution in [3.05, 3.63) is 41.7 Å². The molecule has 29 heavy (non-hydrogen) atoms. The van der Waals surface area contributed by atoms with Crippen LogP contribution < -0.4 is 21.3 Å². The zero-order chi connectivity index (χ0) is 20.5. The number of nitrogen functional groups attached to an aromatic ring is 1. The number of nitrogens with two attached hydrogens (primary N) is 1. The summed E-state index contributed by atoms with van der Waals surface area (Å²) >= 11 is 0.853. The fraction of sp³-hybridized carbons (Fsp3) is 0.278. The molecule has 0 unspecified atom stereocenters. The summed E-state index contributed by atoms with van der Waals surface area (Å²) in [6.07, 6.45) is 1.50. The summed E-state index contributed by atoms with van der Waals surface area (Å²) in [5.74, 6) is -1.43. The first-order valence-corrected chi connectivity index (χ1v) is 9.80. The molecule has 1 fully saturated rings. The first-order valence-electron chi connectivity index (χ1n) is 8.98. The SMILES string of the molecule is C[C@@H]1CNCCN1c1[nH]ncc1NC(=O)c1nc(-c2c(F)cccc2F)sc1N. The maximum Gasteiger partial charge on any atom is 0.277 e. The molecule has 5 N–H and O–H groups in total. The minimum atomic E-state index is -0.768. The normalized spacial score (nSPS) is 16.8. The number of amides is 1. The van der Waals surface area contributed by atoms with Crippen LogP contribution in [0.1, 0.15) is 17.4 Å². The minimum absolute atomic E-state index is 0.00592. The molecule has 1 aliphatic rings. The smallest absolute Gasteiger partial charge is 0.277 e. The van der Waals surface area contributed by atoms with Gasteiger partial charge in [-0.3, -0.25) is 9.89 Å². The van der Waals surface area contributed by atoms with Crippen LogP contribution in [0.15, 0.2) is 24.4 Å². The van der Waals surface area contributed by atoms with Gasteiger partial charge in [-0.15, -0.1) is 0 Å². The van der Waals surface area contributed by atoms with Crippen LogP contribution >= 0.6 is 11.3 Å². The predicted octanol–water partition coefficient (Wildman–Crippen LogP) is 2.44. The summed E-state index contributed by atoms with van der Waals surface area (Å²) in [6, 6.07) is 3.72. The average molecular weight is 419 g/mol. The highest BCUT2D eigenvalue weighted by atomic mass is 32.1. The molecule has 0 bridgehead atoms. The number of rotatable bonds is 4. The molecule has 3 heterocycles. The van der Waals surface area contributed by atoms with Gasteiger partial charge < -0.3 is 21.3 Å². The van der Waals surface area contributed by atoms with E-state index in [0.29, 0.717) is 11.5 Å². The Hall–Kier alpha value is -3.05. The Balaban J connectivity index is 1.59. The number of nitrogens with zero attached hydrogens (tertiary/aromatic N) is 3. The van der Waals surface area contributed by atoms with E-state index in [4.69, 9.17) is 5.73 Å². The molecule has 152 valence electrons. The van der Waals surface area contributed by atoms with Crippen LogP contribution in [0.3, 0.4) is 0 Å². The second-order valence-corrected chi connectivity index (χ2v) is 7.69. The van der Waals surface area contributed by atoms with Gasteiger partial charge >= 0.3 is 0 Å². The zero-order valence-corrected chi connectivity index (χ0v) is 16.3. The van der Waals surface area contributed by atoms with Gasteiger partial charge in [0.25, 0.3) is 5.91 Å². The summed E-state index contributed by atoms with van der Waals surface area (Å²) in [4.78, 5) is 18.9. The van der Waals surface area contributed by atoms with E-state index in [1.165, 1.54) is 12.3 Å². The highest BCUT2D eigenvalue weighted by Crippen LogP contribution is 2.34. The fourth-order valence-corrected chi connectivity index (χ4v) is 4.13. The lowest BCUT2D eigenvalue weighted by molar-refractivity contribution is 0.102. The monoisotopic (exact) mass is 419 g/mol. The molecule has 0 aliphatic carbocycles. The molecule has 0 spiro atoms. The molecule has 8 nitrogen and oxygen atoms in total. The molecule has 1 aromatic carbocycles. The summed E-state index contributed by atoms with van der Waals surface area (Å²) < 4.78 is 28.1. The van der Waals surface area contributed by atoms with E-state index in [2.05, 4.69) is 37.6 Å². The fourth-order valence-electron chi connectivity index (χ4n) is 3.25. The number of carbonyl (C=O) groups is 1. The van der Waals surface area contributed by atoms with Crippen molar-refractivity contribution in [3.63, 3.8) is 0 Å². The predicted molar refractivity (Wildman–Crippen MR) is 108 cm³/mol. The number of halogens is 2. The van der Waals surface area contributed by atoms with Crippen molar-refractivity contribution in [2.75, 3.05) is 35.6 Å². The number of hydrogen-bond donors (Lipinski definition) is 4. The third kappa shape index (κ3) is 3.66. The largest absolute Gasteiger partial charge is 0.389 e. The Morgan fingerprint density at radius 3 is 2.86 bits per heavy atom. The first kappa shape index (κ1) is 19.3. The second kappa shape index (κ2) is 7.76. The van der Waals surface area contributed by atoms with Gasteiger partial charge in [0.1, 0.15) is 33.1 Å². The first-order chi connectivity index (χ1) is 14.0. The van der Waals surface area contributed by atoms with Crippen molar-refractivity contribution in [2.24, 2.45) is 0 Å². The van der Waals surface area contributed by atoms with E-state index in [1.54, 1.807) is 0 Å². The molecular formula is C18H19F2N7OS. The van der Waals surface area contributed by atoms with E-state index >= 15 is 0 Å². The maximum atomic E-state index is 14.0. The molecule has 0 radical (unpaired) electrons. The number of hydrogen-bond acceptors (Lipinski definition) is 7. The van der Waals surface area contributed by atoms with E-state index in [1.807, 2.05) is 0 Å². The van der Waals surface area contributed by atoms with Crippen molar-refractivity contribution in [2.45, 2.75) is 13.0 Å². The molecule has 2 aromatic heterocycles. The van der Waals surface area contributed by atoms with Crippen LogP contribution in [0.4, 0.5) is 25.3 Å². The Bertz CT molecular complexity index is 1030. The van der Waals surface area contributed by atoms with Gasteiger partial charge in [0, 0.05) is 25.7 Å². The number of aromatic nitrogens is 3. The molecule has 1 saturated heterocycles.